The third-order valence-corrected chi connectivity index (χ3v) is 5.04. The third-order valence-electron chi connectivity index (χ3n) is 4.57. The molecular weight excluding hydrogens is 411 g/mol. The Morgan fingerprint density at radius 1 is 1.07 bits per heavy atom. The van der Waals surface area contributed by atoms with Crippen molar-refractivity contribution in [2.45, 2.75) is 45.8 Å². The summed E-state index contributed by atoms with van der Waals surface area (Å²) in [5, 5.41) is 4.02. The first kappa shape index (κ1) is 23.0. The van der Waals surface area contributed by atoms with E-state index in [1.807, 2.05) is 26.0 Å². The van der Waals surface area contributed by atoms with Crippen LogP contribution in [-0.2, 0) is 16.1 Å². The molecule has 2 amide bonds. The van der Waals surface area contributed by atoms with Gasteiger partial charge in [0, 0.05) is 22.6 Å². The molecule has 2 aromatic rings. The van der Waals surface area contributed by atoms with E-state index < -0.39 is 6.04 Å². The maximum atomic E-state index is 12.9. The second kappa shape index (κ2) is 11.1. The van der Waals surface area contributed by atoms with Gasteiger partial charge in [-0.3, -0.25) is 9.59 Å². The van der Waals surface area contributed by atoms with Crippen LogP contribution in [0.1, 0.15) is 32.8 Å². The third kappa shape index (κ3) is 7.26. The standard InChI is InChI=1S/C22H26Cl2N2O3/c1-4-15(2)25-22(28)16(3)26(13-17-7-5-8-18(23)11-17)21(27)14-29-20-10-6-9-19(24)12-20/h5-12,15-16H,4,13-14H2,1-3H3,(H,25,28)/t15-,16-/m0/s1. The van der Waals surface area contributed by atoms with Gasteiger partial charge in [-0.25, -0.2) is 0 Å². The molecule has 2 rings (SSSR count). The Morgan fingerprint density at radius 3 is 2.34 bits per heavy atom. The first-order chi connectivity index (χ1) is 13.8. The van der Waals surface area contributed by atoms with Crippen molar-refractivity contribution in [1.82, 2.24) is 10.2 Å². The second-order valence-corrected chi connectivity index (χ2v) is 7.76. The highest BCUT2D eigenvalue weighted by atomic mass is 35.5. The molecule has 0 fully saturated rings. The topological polar surface area (TPSA) is 58.6 Å². The minimum atomic E-state index is -0.668. The predicted octanol–water partition coefficient (Wildman–Crippen LogP) is 4.70. The molecule has 0 heterocycles. The van der Waals surface area contributed by atoms with Gasteiger partial charge in [-0.15, -0.1) is 0 Å². The number of carbonyl (C=O) groups excluding carboxylic acids is 2. The lowest BCUT2D eigenvalue weighted by molar-refractivity contribution is -0.142. The number of amides is 2. The van der Waals surface area contributed by atoms with Gasteiger partial charge in [0.2, 0.25) is 5.91 Å². The second-order valence-electron chi connectivity index (χ2n) is 6.89. The lowest BCUT2D eigenvalue weighted by atomic mass is 10.1. The zero-order chi connectivity index (χ0) is 21.4. The van der Waals surface area contributed by atoms with E-state index in [-0.39, 0.29) is 31.0 Å². The summed E-state index contributed by atoms with van der Waals surface area (Å²) in [6.45, 7) is 5.66. The van der Waals surface area contributed by atoms with E-state index >= 15 is 0 Å². The fraction of sp³-hybridized carbons (Fsp3) is 0.364. The zero-order valence-electron chi connectivity index (χ0n) is 16.8. The van der Waals surface area contributed by atoms with Crippen LogP contribution in [0.15, 0.2) is 48.5 Å². The molecule has 2 aromatic carbocycles. The Kier molecular flexibility index (Phi) is 8.80. The minimum absolute atomic E-state index is 0.0239. The van der Waals surface area contributed by atoms with E-state index in [0.717, 1.165) is 12.0 Å². The van der Waals surface area contributed by atoms with Crippen LogP contribution < -0.4 is 10.1 Å². The molecule has 0 radical (unpaired) electrons. The normalized spacial score (nSPS) is 12.7. The Balaban J connectivity index is 2.15. The molecule has 0 bridgehead atoms. The van der Waals surface area contributed by atoms with E-state index in [0.29, 0.717) is 15.8 Å². The van der Waals surface area contributed by atoms with Gasteiger partial charge in [-0.05, 0) is 56.2 Å². The number of hydrogen-bond acceptors (Lipinski definition) is 3. The maximum Gasteiger partial charge on any atom is 0.261 e. The van der Waals surface area contributed by atoms with Gasteiger partial charge < -0.3 is 15.0 Å². The molecule has 0 aromatic heterocycles. The maximum absolute atomic E-state index is 12.9. The smallest absolute Gasteiger partial charge is 0.261 e. The molecule has 5 nitrogen and oxygen atoms in total. The van der Waals surface area contributed by atoms with Crippen molar-refractivity contribution in [3.8, 4) is 5.75 Å². The molecular formula is C22H26Cl2N2O3. The molecule has 156 valence electrons. The number of benzene rings is 2. The summed E-state index contributed by atoms with van der Waals surface area (Å²) in [7, 11) is 0. The minimum Gasteiger partial charge on any atom is -0.484 e. The lowest BCUT2D eigenvalue weighted by Crippen LogP contribution is -2.50. The van der Waals surface area contributed by atoms with E-state index in [9.17, 15) is 9.59 Å². The van der Waals surface area contributed by atoms with E-state index in [2.05, 4.69) is 5.32 Å². The Morgan fingerprint density at radius 2 is 1.72 bits per heavy atom. The highest BCUT2D eigenvalue weighted by molar-refractivity contribution is 6.30. The van der Waals surface area contributed by atoms with Crippen molar-refractivity contribution < 1.29 is 14.3 Å². The summed E-state index contributed by atoms with van der Waals surface area (Å²) in [6, 6.07) is 13.4. The van der Waals surface area contributed by atoms with Crippen LogP contribution in [0.4, 0.5) is 0 Å². The highest BCUT2D eigenvalue weighted by Gasteiger charge is 2.27. The SMILES string of the molecule is CC[C@H](C)NC(=O)[C@H](C)N(Cc1cccc(Cl)c1)C(=O)COc1cccc(Cl)c1. The first-order valence-electron chi connectivity index (χ1n) is 9.52. The summed E-state index contributed by atoms with van der Waals surface area (Å²) < 4.78 is 5.59. The van der Waals surface area contributed by atoms with Crippen molar-refractivity contribution >= 4 is 35.0 Å². The Labute approximate surface area is 181 Å². The van der Waals surface area contributed by atoms with Crippen molar-refractivity contribution in [3.63, 3.8) is 0 Å². The van der Waals surface area contributed by atoms with Gasteiger partial charge in [0.05, 0.1) is 0 Å². The monoisotopic (exact) mass is 436 g/mol. The van der Waals surface area contributed by atoms with Crippen LogP contribution in [0.2, 0.25) is 10.0 Å². The van der Waals surface area contributed by atoms with Gasteiger partial charge in [0.1, 0.15) is 11.8 Å². The van der Waals surface area contributed by atoms with Gasteiger partial charge >= 0.3 is 0 Å². The Bertz CT molecular complexity index is 844. The van der Waals surface area contributed by atoms with Crippen molar-refractivity contribution in [3.05, 3.63) is 64.1 Å². The Hall–Kier alpha value is -2.24. The molecule has 0 unspecified atom stereocenters. The summed E-state index contributed by atoms with van der Waals surface area (Å²) in [5.41, 5.74) is 0.830. The van der Waals surface area contributed by atoms with E-state index in [4.69, 9.17) is 27.9 Å². The number of carbonyl (C=O) groups is 2. The fourth-order valence-corrected chi connectivity index (χ4v) is 3.06. The molecule has 0 aliphatic carbocycles. The molecule has 0 saturated carbocycles. The van der Waals surface area contributed by atoms with Crippen LogP contribution in [-0.4, -0.2) is 35.4 Å². The van der Waals surface area contributed by atoms with Crippen LogP contribution in [0, 0.1) is 0 Å². The largest absolute Gasteiger partial charge is 0.484 e. The number of halogens is 2. The fourth-order valence-electron chi connectivity index (χ4n) is 2.66. The van der Waals surface area contributed by atoms with Crippen LogP contribution in [0.3, 0.4) is 0 Å². The van der Waals surface area contributed by atoms with Crippen molar-refractivity contribution in [2.75, 3.05) is 6.61 Å². The van der Waals surface area contributed by atoms with Crippen LogP contribution in [0.25, 0.3) is 0 Å². The lowest BCUT2D eigenvalue weighted by Gasteiger charge is -2.29. The van der Waals surface area contributed by atoms with Crippen molar-refractivity contribution in [1.29, 1.82) is 0 Å². The number of ether oxygens (including phenoxy) is 1. The predicted molar refractivity (Wildman–Crippen MR) is 116 cm³/mol. The van der Waals surface area contributed by atoms with Gasteiger partial charge in [-0.1, -0.05) is 48.3 Å². The average molecular weight is 437 g/mol. The molecule has 1 N–H and O–H groups in total. The van der Waals surface area contributed by atoms with Gasteiger partial charge in [-0.2, -0.15) is 0 Å². The molecule has 0 spiro atoms. The molecule has 0 saturated heterocycles. The summed E-state index contributed by atoms with van der Waals surface area (Å²) in [4.78, 5) is 27.1. The van der Waals surface area contributed by atoms with E-state index in [1.165, 1.54) is 4.90 Å². The molecule has 29 heavy (non-hydrogen) atoms. The number of hydrogen-bond donors (Lipinski definition) is 1. The first-order valence-corrected chi connectivity index (χ1v) is 10.3. The van der Waals surface area contributed by atoms with Crippen LogP contribution in [0.5, 0.6) is 5.75 Å². The van der Waals surface area contributed by atoms with Crippen LogP contribution >= 0.6 is 23.2 Å². The zero-order valence-corrected chi connectivity index (χ0v) is 18.3. The number of rotatable bonds is 9. The number of nitrogens with zero attached hydrogens (tertiary/aromatic N) is 1. The van der Waals surface area contributed by atoms with Gasteiger partial charge in [0.15, 0.2) is 6.61 Å². The quantitative estimate of drug-likeness (QED) is 0.619. The van der Waals surface area contributed by atoms with Gasteiger partial charge in [0.25, 0.3) is 5.91 Å². The van der Waals surface area contributed by atoms with E-state index in [1.54, 1.807) is 43.3 Å². The summed E-state index contributed by atoms with van der Waals surface area (Å²) in [5.74, 6) is -0.0282. The molecule has 2 atom stereocenters. The summed E-state index contributed by atoms with van der Waals surface area (Å²) >= 11 is 12.0. The molecule has 0 aliphatic heterocycles. The average Bonchev–Trinajstić information content (AvgIpc) is 2.69. The summed E-state index contributed by atoms with van der Waals surface area (Å²) in [6.07, 6.45) is 0.804. The molecule has 0 aliphatic rings. The van der Waals surface area contributed by atoms with Crippen molar-refractivity contribution in [2.24, 2.45) is 0 Å². The highest BCUT2D eigenvalue weighted by Crippen LogP contribution is 2.18. The number of nitrogens with one attached hydrogen (secondary N) is 1. The molecule has 7 heteroatoms.